The van der Waals surface area contributed by atoms with Crippen molar-refractivity contribution in [1.82, 2.24) is 10.4 Å². The number of anilines is 1. The zero-order valence-electron chi connectivity index (χ0n) is 24.3. The smallest absolute Gasteiger partial charge is 0.365 e. The van der Waals surface area contributed by atoms with Crippen molar-refractivity contribution in [2.45, 2.75) is 71.0 Å². The predicted octanol–water partition coefficient (Wildman–Crippen LogP) is 3.74. The number of hydroxylamine groups is 2. The molecular formula is C31H43N3O8. The molecule has 3 amide bonds. The third-order valence-corrected chi connectivity index (χ3v) is 6.98. The zero-order chi connectivity index (χ0) is 30.3. The van der Waals surface area contributed by atoms with E-state index in [-0.39, 0.29) is 18.9 Å². The third kappa shape index (κ3) is 10.4. The Balaban J connectivity index is 1.18. The molecule has 0 bridgehead atoms. The van der Waals surface area contributed by atoms with Gasteiger partial charge in [0, 0.05) is 32.2 Å². The summed E-state index contributed by atoms with van der Waals surface area (Å²) >= 11 is 0. The normalized spacial score (nSPS) is 14.1. The van der Waals surface area contributed by atoms with E-state index in [1.807, 2.05) is 18.2 Å². The quantitative estimate of drug-likeness (QED) is 0.143. The summed E-state index contributed by atoms with van der Waals surface area (Å²) in [4.78, 5) is 41.8. The average molecular weight is 586 g/mol. The lowest BCUT2D eigenvalue weighted by Crippen LogP contribution is -2.34. The van der Waals surface area contributed by atoms with E-state index < -0.39 is 24.0 Å². The first-order valence-electron chi connectivity index (χ1n) is 14.6. The number of benzene rings is 2. The van der Waals surface area contributed by atoms with Crippen molar-refractivity contribution < 1.29 is 39.3 Å². The number of hydrogen-bond donors (Lipinski definition) is 4. The van der Waals surface area contributed by atoms with E-state index >= 15 is 0 Å². The maximum absolute atomic E-state index is 12.5. The van der Waals surface area contributed by atoms with Crippen molar-refractivity contribution in [3.05, 3.63) is 59.2 Å². The van der Waals surface area contributed by atoms with Gasteiger partial charge in [0.15, 0.2) is 0 Å². The van der Waals surface area contributed by atoms with E-state index in [9.17, 15) is 29.7 Å². The van der Waals surface area contributed by atoms with Crippen molar-refractivity contribution in [2.24, 2.45) is 0 Å². The summed E-state index contributed by atoms with van der Waals surface area (Å²) in [5.74, 6) is -1.06. The summed E-state index contributed by atoms with van der Waals surface area (Å²) in [5, 5.41) is 33.2. The highest BCUT2D eigenvalue weighted by Crippen LogP contribution is 2.24. The summed E-state index contributed by atoms with van der Waals surface area (Å²) in [5.41, 5.74) is 2.57. The number of unbranched alkanes of at least 4 members (excludes halogenated alkanes) is 5. The third-order valence-electron chi connectivity index (χ3n) is 6.98. The topological polar surface area (TPSA) is 149 Å². The minimum Gasteiger partial charge on any atom is -0.508 e. The lowest BCUT2D eigenvalue weighted by molar-refractivity contribution is -0.171. The number of aryl methyl sites for hydroxylation is 1. The van der Waals surface area contributed by atoms with Crippen LogP contribution in [0.15, 0.2) is 42.5 Å². The van der Waals surface area contributed by atoms with Crippen LogP contribution in [0.1, 0.15) is 74.7 Å². The van der Waals surface area contributed by atoms with Gasteiger partial charge in [-0.1, -0.05) is 37.5 Å². The first-order valence-corrected chi connectivity index (χ1v) is 14.6. The number of nitrogens with zero attached hydrogens (tertiary/aromatic N) is 2. The number of aliphatic hydroxyl groups excluding tert-OH is 2. The Bertz CT molecular complexity index is 1170. The van der Waals surface area contributed by atoms with Gasteiger partial charge in [0.1, 0.15) is 12.3 Å². The summed E-state index contributed by atoms with van der Waals surface area (Å²) in [6, 6.07) is 11.4. The molecule has 1 saturated heterocycles. The molecule has 2 aromatic carbocycles. The first-order chi connectivity index (χ1) is 20.3. The maximum Gasteiger partial charge on any atom is 0.365 e. The molecular weight excluding hydrogens is 542 g/mol. The van der Waals surface area contributed by atoms with Crippen LogP contribution < -0.4 is 10.2 Å². The van der Waals surface area contributed by atoms with Crippen molar-refractivity contribution in [1.29, 1.82) is 0 Å². The lowest BCUT2D eigenvalue weighted by atomic mass is 10.1. The maximum atomic E-state index is 12.5. The molecule has 11 nitrogen and oxygen atoms in total. The number of aromatic hydroxyl groups is 1. The van der Waals surface area contributed by atoms with Crippen molar-refractivity contribution in [3.8, 4) is 5.75 Å². The van der Waals surface area contributed by atoms with Crippen LogP contribution in [-0.4, -0.2) is 71.1 Å². The molecule has 1 atom stereocenters. The van der Waals surface area contributed by atoms with E-state index in [2.05, 4.69) is 5.32 Å². The summed E-state index contributed by atoms with van der Waals surface area (Å²) in [6.07, 6.45) is 7.25. The van der Waals surface area contributed by atoms with Crippen LogP contribution in [0.2, 0.25) is 0 Å². The molecule has 230 valence electrons. The van der Waals surface area contributed by atoms with Gasteiger partial charge in [0.05, 0.1) is 18.4 Å². The molecule has 11 heteroatoms. The number of imide groups is 1. The Morgan fingerprint density at radius 2 is 1.74 bits per heavy atom. The summed E-state index contributed by atoms with van der Waals surface area (Å²) in [7, 11) is 0. The van der Waals surface area contributed by atoms with Crippen molar-refractivity contribution in [2.75, 3.05) is 37.7 Å². The monoisotopic (exact) mass is 585 g/mol. The number of nitrogens with one attached hydrogen (secondary N) is 1. The number of carbonyl (C=O) groups is 3. The van der Waals surface area contributed by atoms with E-state index in [0.717, 1.165) is 86.7 Å². The highest BCUT2D eigenvalue weighted by Gasteiger charge is 2.39. The Kier molecular flexibility index (Phi) is 13.7. The molecule has 1 fully saturated rings. The summed E-state index contributed by atoms with van der Waals surface area (Å²) < 4.78 is 5.76. The molecule has 1 aliphatic heterocycles. The number of carbonyl (C=O) groups excluding carboxylic acids is 3. The number of aliphatic hydroxyl groups is 2. The van der Waals surface area contributed by atoms with Gasteiger partial charge in [0.25, 0.3) is 5.91 Å². The molecule has 0 aromatic heterocycles. The molecule has 1 aliphatic rings. The van der Waals surface area contributed by atoms with Crippen LogP contribution >= 0.6 is 0 Å². The molecule has 0 radical (unpaired) electrons. The molecule has 0 saturated carbocycles. The fourth-order valence-corrected chi connectivity index (χ4v) is 4.73. The minimum absolute atomic E-state index is 0.0269. The standard InChI is InChI=1S/C31H43N3O8/c1-23(36)42-33-21-30(39)34(31(33)40)27-12-9-11-24(18-27)10-5-4-8-17-41-16-7-3-2-6-15-32-20-29(38)25-13-14-28(37)26(19-25)22-35/h9,11-14,18-19,29,32,35,37-38H,2-8,10,15-17,20-22H2,1H3. The Morgan fingerprint density at radius 1 is 1.00 bits per heavy atom. The Hall–Kier alpha value is -3.51. The molecule has 4 N–H and O–H groups in total. The summed E-state index contributed by atoms with van der Waals surface area (Å²) in [6.45, 7) is 3.31. The average Bonchev–Trinajstić information content (AvgIpc) is 3.24. The van der Waals surface area contributed by atoms with Crippen LogP contribution in [0.3, 0.4) is 0 Å². The van der Waals surface area contributed by atoms with Crippen molar-refractivity contribution in [3.63, 3.8) is 0 Å². The molecule has 1 unspecified atom stereocenters. The number of phenols is 1. The number of rotatable bonds is 19. The number of urea groups is 1. The zero-order valence-corrected chi connectivity index (χ0v) is 24.3. The predicted molar refractivity (Wildman–Crippen MR) is 156 cm³/mol. The number of hydrogen-bond acceptors (Lipinski definition) is 9. The Labute approximate surface area is 247 Å². The number of amides is 3. The largest absolute Gasteiger partial charge is 0.508 e. The van der Waals surface area contributed by atoms with E-state index in [0.29, 0.717) is 23.4 Å². The van der Waals surface area contributed by atoms with Crippen LogP contribution in [0.5, 0.6) is 5.75 Å². The first kappa shape index (κ1) is 33.0. The highest BCUT2D eigenvalue weighted by molar-refractivity contribution is 6.19. The van der Waals surface area contributed by atoms with Crippen LogP contribution in [0.4, 0.5) is 10.5 Å². The van der Waals surface area contributed by atoms with Gasteiger partial charge in [-0.05, 0) is 74.0 Å². The van der Waals surface area contributed by atoms with Gasteiger partial charge in [0.2, 0.25) is 0 Å². The lowest BCUT2D eigenvalue weighted by Gasteiger charge is -2.16. The fraction of sp³-hybridized carbons (Fsp3) is 0.516. The van der Waals surface area contributed by atoms with Gasteiger partial charge in [-0.3, -0.25) is 9.59 Å². The van der Waals surface area contributed by atoms with E-state index in [1.165, 1.54) is 13.0 Å². The molecule has 2 aromatic rings. The molecule has 1 heterocycles. The van der Waals surface area contributed by atoms with Gasteiger partial charge in [-0.15, -0.1) is 5.06 Å². The second kappa shape index (κ2) is 17.4. The highest BCUT2D eigenvalue weighted by atomic mass is 16.7. The number of ether oxygens (including phenoxy) is 1. The molecule has 0 spiro atoms. The van der Waals surface area contributed by atoms with Crippen LogP contribution in [0.25, 0.3) is 0 Å². The van der Waals surface area contributed by atoms with Gasteiger partial charge in [-0.2, -0.15) is 0 Å². The SMILES string of the molecule is CC(=O)ON1CC(=O)N(c2cccc(CCCCCOCCCCCCNCC(O)c3ccc(O)c(CO)c3)c2)C1=O. The van der Waals surface area contributed by atoms with Crippen molar-refractivity contribution >= 4 is 23.6 Å². The van der Waals surface area contributed by atoms with E-state index in [1.54, 1.807) is 18.2 Å². The second-order valence-electron chi connectivity index (χ2n) is 10.4. The molecule has 0 aliphatic carbocycles. The Morgan fingerprint density at radius 3 is 2.48 bits per heavy atom. The van der Waals surface area contributed by atoms with Gasteiger partial charge < -0.3 is 30.2 Å². The second-order valence-corrected chi connectivity index (χ2v) is 10.4. The fourth-order valence-electron chi connectivity index (χ4n) is 4.73. The molecule has 42 heavy (non-hydrogen) atoms. The van der Waals surface area contributed by atoms with E-state index in [4.69, 9.17) is 9.57 Å². The van der Waals surface area contributed by atoms with Crippen LogP contribution in [0, 0.1) is 0 Å². The van der Waals surface area contributed by atoms with Gasteiger partial charge in [-0.25, -0.2) is 9.69 Å². The van der Waals surface area contributed by atoms with Gasteiger partial charge >= 0.3 is 12.0 Å². The minimum atomic E-state index is -0.692. The van der Waals surface area contributed by atoms with Crippen LogP contribution in [-0.2, 0) is 32.2 Å². The molecule has 3 rings (SSSR count).